The predicted octanol–water partition coefficient (Wildman–Crippen LogP) is 4.46. The molecule has 1 amide bonds. The second-order valence-electron chi connectivity index (χ2n) is 9.98. The van der Waals surface area contributed by atoms with Gasteiger partial charge in [-0.25, -0.2) is 9.79 Å². The number of carbonyl (C=O) groups is 2. The zero-order valence-electron chi connectivity index (χ0n) is 22.8. The van der Waals surface area contributed by atoms with Gasteiger partial charge in [-0.2, -0.15) is 0 Å². The normalized spacial score (nSPS) is 14.9. The molecule has 208 valence electrons. The van der Waals surface area contributed by atoms with E-state index in [4.69, 9.17) is 14.8 Å². The number of anilines is 1. The van der Waals surface area contributed by atoms with Crippen LogP contribution in [0.5, 0.6) is 5.75 Å². The van der Waals surface area contributed by atoms with Crippen molar-refractivity contribution in [1.29, 1.82) is 0 Å². The fraction of sp³-hybridized carbons (Fsp3) is 0.188. The van der Waals surface area contributed by atoms with Crippen LogP contribution in [0.2, 0.25) is 0 Å². The van der Waals surface area contributed by atoms with Crippen LogP contribution in [-0.4, -0.2) is 28.2 Å². The van der Waals surface area contributed by atoms with Crippen LogP contribution >= 0.6 is 11.3 Å². The standard InChI is InChI=1S/C32H29N3O5S/c1-19(2)22-12-14-23(15-13-22)29-28(30(38)34-24-9-5-4-6-10-24)20(3)33-32-35(29)31(39)26(41-32)17-21-8-7-11-25(16-21)40-18-27(36)37/h4-17,19,29H,18H2,1-3H3,(H,34,38)(H,36,37)/b26-17-/t29-/m1/s1. The molecule has 0 fully saturated rings. The number of carbonyl (C=O) groups excluding carboxylic acids is 1. The van der Waals surface area contributed by atoms with Crippen molar-refractivity contribution in [2.75, 3.05) is 11.9 Å². The van der Waals surface area contributed by atoms with Crippen molar-refractivity contribution >= 4 is 35.0 Å². The minimum absolute atomic E-state index is 0.277. The number of thiazole rings is 1. The van der Waals surface area contributed by atoms with Crippen LogP contribution in [0.3, 0.4) is 0 Å². The molecule has 1 aliphatic heterocycles. The Hall–Kier alpha value is -4.76. The highest BCUT2D eigenvalue weighted by molar-refractivity contribution is 7.07. The van der Waals surface area contributed by atoms with Crippen molar-refractivity contribution in [3.63, 3.8) is 0 Å². The number of allylic oxidation sites excluding steroid dienone is 1. The van der Waals surface area contributed by atoms with Gasteiger partial charge in [-0.3, -0.25) is 14.2 Å². The van der Waals surface area contributed by atoms with Crippen LogP contribution in [0.4, 0.5) is 5.69 Å². The summed E-state index contributed by atoms with van der Waals surface area (Å²) in [6, 6.07) is 23.4. The summed E-state index contributed by atoms with van der Waals surface area (Å²) in [5.74, 6) is -0.687. The number of fused-ring (bicyclic) bond motifs is 1. The van der Waals surface area contributed by atoms with E-state index in [1.165, 1.54) is 11.3 Å². The molecule has 3 aromatic carbocycles. The highest BCUT2D eigenvalue weighted by Crippen LogP contribution is 2.31. The first-order chi connectivity index (χ1) is 19.7. The summed E-state index contributed by atoms with van der Waals surface area (Å²) in [6.45, 7) is 5.55. The SMILES string of the molecule is CC1=C(C(=O)Nc2ccccc2)[C@@H](c2ccc(C(C)C)cc2)n2c(s/c(=C\c3cccc(OCC(=O)O)c3)c2=O)=N1. The van der Waals surface area contributed by atoms with Gasteiger partial charge < -0.3 is 15.2 Å². The van der Waals surface area contributed by atoms with E-state index in [0.717, 1.165) is 11.1 Å². The third-order valence-electron chi connectivity index (χ3n) is 6.74. The maximum absolute atomic E-state index is 13.9. The summed E-state index contributed by atoms with van der Waals surface area (Å²) in [6.07, 6.45) is 1.72. The van der Waals surface area contributed by atoms with E-state index in [2.05, 4.69) is 19.2 Å². The van der Waals surface area contributed by atoms with Crippen LogP contribution in [0.25, 0.3) is 6.08 Å². The summed E-state index contributed by atoms with van der Waals surface area (Å²) in [7, 11) is 0. The number of ether oxygens (including phenoxy) is 1. The molecule has 9 heteroatoms. The molecule has 8 nitrogen and oxygen atoms in total. The lowest BCUT2D eigenvalue weighted by Gasteiger charge is -2.25. The molecule has 1 atom stereocenters. The highest BCUT2D eigenvalue weighted by atomic mass is 32.1. The Balaban J connectivity index is 1.62. The number of nitrogens with zero attached hydrogens (tertiary/aromatic N) is 2. The van der Waals surface area contributed by atoms with Crippen molar-refractivity contribution in [1.82, 2.24) is 4.57 Å². The fourth-order valence-electron chi connectivity index (χ4n) is 4.70. The molecule has 41 heavy (non-hydrogen) atoms. The second-order valence-corrected chi connectivity index (χ2v) is 11.0. The third kappa shape index (κ3) is 6.05. The monoisotopic (exact) mass is 567 g/mol. The molecule has 1 aromatic heterocycles. The van der Waals surface area contributed by atoms with Crippen LogP contribution < -0.4 is 24.9 Å². The average molecular weight is 568 g/mol. The quantitative estimate of drug-likeness (QED) is 0.327. The van der Waals surface area contributed by atoms with E-state index >= 15 is 0 Å². The van der Waals surface area contributed by atoms with Gasteiger partial charge in [0, 0.05) is 5.69 Å². The summed E-state index contributed by atoms with van der Waals surface area (Å²) >= 11 is 1.24. The van der Waals surface area contributed by atoms with Gasteiger partial charge in [-0.1, -0.05) is 79.8 Å². The van der Waals surface area contributed by atoms with Gasteiger partial charge in [0.2, 0.25) is 0 Å². The molecule has 0 spiro atoms. The molecule has 0 bridgehead atoms. The number of nitrogens with one attached hydrogen (secondary N) is 1. The van der Waals surface area contributed by atoms with Crippen molar-refractivity contribution in [3.05, 3.63) is 127 Å². The van der Waals surface area contributed by atoms with Gasteiger partial charge in [0.05, 0.1) is 21.8 Å². The first kappa shape index (κ1) is 27.8. The molecule has 5 rings (SSSR count). The smallest absolute Gasteiger partial charge is 0.341 e. The Morgan fingerprint density at radius 2 is 1.80 bits per heavy atom. The number of carboxylic acid groups (broad SMARTS) is 1. The molecule has 0 radical (unpaired) electrons. The molecule has 2 N–H and O–H groups in total. The highest BCUT2D eigenvalue weighted by Gasteiger charge is 2.32. The maximum Gasteiger partial charge on any atom is 0.341 e. The number of rotatable bonds is 8. The predicted molar refractivity (Wildman–Crippen MR) is 159 cm³/mol. The molecule has 0 saturated carbocycles. The number of hydrogen-bond acceptors (Lipinski definition) is 6. The van der Waals surface area contributed by atoms with Crippen LogP contribution in [0.15, 0.2) is 99.9 Å². The van der Waals surface area contributed by atoms with Crippen LogP contribution in [0, 0.1) is 0 Å². The number of amides is 1. The Kier molecular flexibility index (Phi) is 7.98. The summed E-state index contributed by atoms with van der Waals surface area (Å²) < 4.78 is 7.31. The van der Waals surface area contributed by atoms with Gasteiger partial charge in [0.15, 0.2) is 11.4 Å². The lowest BCUT2D eigenvalue weighted by atomic mass is 9.93. The number of hydrogen-bond donors (Lipinski definition) is 2. The molecule has 0 aliphatic carbocycles. The Morgan fingerprint density at radius 3 is 2.49 bits per heavy atom. The third-order valence-corrected chi connectivity index (χ3v) is 7.72. The van der Waals surface area contributed by atoms with Gasteiger partial charge >= 0.3 is 5.97 Å². The number of aromatic nitrogens is 1. The van der Waals surface area contributed by atoms with Crippen molar-refractivity contribution in [2.45, 2.75) is 32.7 Å². The Labute approximate surface area is 240 Å². The van der Waals surface area contributed by atoms with Crippen molar-refractivity contribution in [3.8, 4) is 5.75 Å². The summed E-state index contributed by atoms with van der Waals surface area (Å²) in [4.78, 5) is 43.7. The van der Waals surface area contributed by atoms with Crippen LogP contribution in [0.1, 0.15) is 49.4 Å². The molecular formula is C32H29N3O5S. The molecule has 2 heterocycles. The van der Waals surface area contributed by atoms with E-state index in [0.29, 0.717) is 43.5 Å². The van der Waals surface area contributed by atoms with E-state index in [-0.39, 0.29) is 11.5 Å². The minimum atomic E-state index is -1.08. The number of benzene rings is 3. The van der Waals surface area contributed by atoms with E-state index in [1.807, 2.05) is 54.6 Å². The Bertz CT molecular complexity index is 1820. The number of carboxylic acids is 1. The van der Waals surface area contributed by atoms with E-state index in [9.17, 15) is 14.4 Å². The fourth-order valence-corrected chi connectivity index (χ4v) is 5.75. The van der Waals surface area contributed by atoms with E-state index in [1.54, 1.807) is 41.8 Å². The minimum Gasteiger partial charge on any atom is -0.482 e. The zero-order chi connectivity index (χ0) is 29.1. The summed E-state index contributed by atoms with van der Waals surface area (Å²) in [5.41, 5.74) is 3.94. The Morgan fingerprint density at radius 1 is 1.07 bits per heavy atom. The first-order valence-electron chi connectivity index (χ1n) is 13.1. The molecule has 0 saturated heterocycles. The van der Waals surface area contributed by atoms with E-state index < -0.39 is 18.6 Å². The van der Waals surface area contributed by atoms with Gasteiger partial charge in [0.25, 0.3) is 11.5 Å². The second kappa shape index (κ2) is 11.8. The molecule has 4 aromatic rings. The lowest BCUT2D eigenvalue weighted by molar-refractivity contribution is -0.139. The summed E-state index contributed by atoms with van der Waals surface area (Å²) in [5, 5.41) is 11.9. The van der Waals surface area contributed by atoms with Gasteiger partial charge in [0.1, 0.15) is 5.75 Å². The number of para-hydroxylation sites is 1. The molecular weight excluding hydrogens is 538 g/mol. The zero-order valence-corrected chi connectivity index (χ0v) is 23.6. The lowest BCUT2D eigenvalue weighted by Crippen LogP contribution is -2.40. The van der Waals surface area contributed by atoms with Gasteiger partial charge in [-0.05, 0) is 59.9 Å². The number of aliphatic carboxylic acids is 1. The molecule has 0 unspecified atom stereocenters. The first-order valence-corrected chi connectivity index (χ1v) is 14.0. The topological polar surface area (TPSA) is 110 Å². The maximum atomic E-state index is 13.9. The molecule has 1 aliphatic rings. The van der Waals surface area contributed by atoms with Crippen molar-refractivity contribution in [2.24, 2.45) is 4.99 Å². The average Bonchev–Trinajstić information content (AvgIpc) is 3.25. The van der Waals surface area contributed by atoms with Crippen LogP contribution in [-0.2, 0) is 9.59 Å². The van der Waals surface area contributed by atoms with Gasteiger partial charge in [-0.15, -0.1) is 0 Å². The largest absolute Gasteiger partial charge is 0.482 e. The van der Waals surface area contributed by atoms with Crippen molar-refractivity contribution < 1.29 is 19.4 Å².